The van der Waals surface area contributed by atoms with Gasteiger partial charge in [0.15, 0.2) is 0 Å². The zero-order valence-corrected chi connectivity index (χ0v) is 8.27. The van der Waals surface area contributed by atoms with Gasteiger partial charge < -0.3 is 4.74 Å². The van der Waals surface area contributed by atoms with Gasteiger partial charge in [-0.2, -0.15) is 0 Å². The highest BCUT2D eigenvalue weighted by atomic mass is 16.5. The Hall–Kier alpha value is -1.77. The van der Waals surface area contributed by atoms with Crippen molar-refractivity contribution in [1.82, 2.24) is 9.78 Å². The van der Waals surface area contributed by atoms with Crippen LogP contribution in [0.5, 0.6) is 5.88 Å². The van der Waals surface area contributed by atoms with E-state index in [1.165, 1.54) is 0 Å². The molecule has 0 fully saturated rings. The largest absolute Gasteiger partial charge is 0.479 e. The summed E-state index contributed by atoms with van der Waals surface area (Å²) in [6.45, 7) is 0. The summed E-state index contributed by atoms with van der Waals surface area (Å²) in [4.78, 5) is 0. The molecule has 0 saturated heterocycles. The van der Waals surface area contributed by atoms with Crippen LogP contribution in [0.1, 0.15) is 0 Å². The Morgan fingerprint density at radius 2 is 1.93 bits per heavy atom. The van der Waals surface area contributed by atoms with Gasteiger partial charge in [0.05, 0.1) is 12.7 Å². The molecule has 0 N–H and O–H groups in total. The summed E-state index contributed by atoms with van der Waals surface area (Å²) in [6.07, 6.45) is 1.95. The van der Waals surface area contributed by atoms with E-state index in [1.807, 2.05) is 43.6 Å². The molecule has 0 amide bonds. The smallest absolute Gasteiger partial charge is 0.240 e. The van der Waals surface area contributed by atoms with Gasteiger partial charge in [-0.1, -0.05) is 30.3 Å². The van der Waals surface area contributed by atoms with E-state index in [0.29, 0.717) is 5.88 Å². The Balaban J connectivity index is 2.51. The van der Waals surface area contributed by atoms with Crippen LogP contribution in [0.3, 0.4) is 0 Å². The molecule has 3 nitrogen and oxygen atoms in total. The SMILES string of the molecule is COc1nn(C)cc1-c1ccccc1. The molecule has 14 heavy (non-hydrogen) atoms. The van der Waals surface area contributed by atoms with E-state index in [-0.39, 0.29) is 0 Å². The third-order valence-corrected chi connectivity index (χ3v) is 2.07. The molecule has 2 aromatic rings. The fourth-order valence-corrected chi connectivity index (χ4v) is 1.43. The summed E-state index contributed by atoms with van der Waals surface area (Å²) >= 11 is 0. The average molecular weight is 188 g/mol. The molecule has 1 heterocycles. The van der Waals surface area contributed by atoms with Crippen LogP contribution in [0.25, 0.3) is 11.1 Å². The zero-order chi connectivity index (χ0) is 9.97. The van der Waals surface area contributed by atoms with Crippen molar-refractivity contribution < 1.29 is 4.74 Å². The van der Waals surface area contributed by atoms with Crippen LogP contribution in [0.15, 0.2) is 36.5 Å². The molecule has 0 unspecified atom stereocenters. The fourth-order valence-electron chi connectivity index (χ4n) is 1.43. The van der Waals surface area contributed by atoms with Crippen molar-refractivity contribution in [1.29, 1.82) is 0 Å². The number of nitrogens with zero attached hydrogens (tertiary/aromatic N) is 2. The topological polar surface area (TPSA) is 27.1 Å². The van der Waals surface area contributed by atoms with Crippen molar-refractivity contribution in [2.75, 3.05) is 7.11 Å². The van der Waals surface area contributed by atoms with Crippen LogP contribution in [0.4, 0.5) is 0 Å². The van der Waals surface area contributed by atoms with Crippen molar-refractivity contribution in [3.63, 3.8) is 0 Å². The van der Waals surface area contributed by atoms with Crippen molar-refractivity contribution >= 4 is 0 Å². The maximum atomic E-state index is 5.19. The van der Waals surface area contributed by atoms with Crippen molar-refractivity contribution in [2.24, 2.45) is 7.05 Å². The summed E-state index contributed by atoms with van der Waals surface area (Å²) < 4.78 is 6.94. The van der Waals surface area contributed by atoms with E-state index in [0.717, 1.165) is 11.1 Å². The molecule has 0 bridgehead atoms. The molecule has 0 aliphatic carbocycles. The molecule has 0 aliphatic rings. The highest BCUT2D eigenvalue weighted by molar-refractivity contribution is 5.67. The Morgan fingerprint density at radius 3 is 2.57 bits per heavy atom. The number of aryl methyl sites for hydroxylation is 1. The van der Waals surface area contributed by atoms with Crippen LogP contribution < -0.4 is 4.74 Å². The van der Waals surface area contributed by atoms with E-state index in [4.69, 9.17) is 4.74 Å². The van der Waals surface area contributed by atoms with Crippen LogP contribution in [-0.2, 0) is 7.05 Å². The Bertz CT molecular complexity index is 420. The van der Waals surface area contributed by atoms with Gasteiger partial charge in [0, 0.05) is 13.2 Å². The van der Waals surface area contributed by atoms with Crippen LogP contribution in [0.2, 0.25) is 0 Å². The van der Waals surface area contributed by atoms with E-state index >= 15 is 0 Å². The van der Waals surface area contributed by atoms with Crippen molar-refractivity contribution in [2.45, 2.75) is 0 Å². The first-order chi connectivity index (χ1) is 6.81. The van der Waals surface area contributed by atoms with Crippen molar-refractivity contribution in [3.05, 3.63) is 36.5 Å². The van der Waals surface area contributed by atoms with Gasteiger partial charge in [-0.05, 0) is 5.56 Å². The third-order valence-electron chi connectivity index (χ3n) is 2.07. The van der Waals surface area contributed by atoms with E-state index in [1.54, 1.807) is 11.8 Å². The van der Waals surface area contributed by atoms with Crippen LogP contribution in [-0.4, -0.2) is 16.9 Å². The number of hydrogen-bond donors (Lipinski definition) is 0. The minimum absolute atomic E-state index is 0.665. The minimum atomic E-state index is 0.665. The molecule has 0 aliphatic heterocycles. The number of hydrogen-bond acceptors (Lipinski definition) is 2. The second-order valence-electron chi connectivity index (χ2n) is 3.09. The Labute approximate surface area is 82.9 Å². The summed E-state index contributed by atoms with van der Waals surface area (Å²) in [6, 6.07) is 10.1. The maximum Gasteiger partial charge on any atom is 0.240 e. The van der Waals surface area contributed by atoms with Gasteiger partial charge in [-0.3, -0.25) is 4.68 Å². The third kappa shape index (κ3) is 1.48. The molecular weight excluding hydrogens is 176 g/mol. The normalized spacial score (nSPS) is 10.1. The Kier molecular flexibility index (Phi) is 2.23. The molecule has 0 spiro atoms. The molecule has 0 saturated carbocycles. The lowest BCUT2D eigenvalue weighted by Crippen LogP contribution is -1.89. The lowest BCUT2D eigenvalue weighted by molar-refractivity contribution is 0.393. The average Bonchev–Trinajstić information content (AvgIpc) is 2.61. The van der Waals surface area contributed by atoms with Gasteiger partial charge in [0.2, 0.25) is 5.88 Å². The standard InChI is InChI=1S/C11H12N2O/c1-13-8-10(11(12-13)14-2)9-6-4-3-5-7-9/h3-8H,1-2H3. The lowest BCUT2D eigenvalue weighted by atomic mass is 10.1. The van der Waals surface area contributed by atoms with Crippen LogP contribution >= 0.6 is 0 Å². The monoisotopic (exact) mass is 188 g/mol. The van der Waals surface area contributed by atoms with Gasteiger partial charge in [0.25, 0.3) is 0 Å². The van der Waals surface area contributed by atoms with Gasteiger partial charge >= 0.3 is 0 Å². The maximum absolute atomic E-state index is 5.19. The lowest BCUT2D eigenvalue weighted by Gasteiger charge is -1.99. The Morgan fingerprint density at radius 1 is 1.21 bits per heavy atom. The van der Waals surface area contributed by atoms with E-state index in [2.05, 4.69) is 5.10 Å². The number of ether oxygens (including phenoxy) is 1. The molecule has 0 atom stereocenters. The van der Waals surface area contributed by atoms with Crippen LogP contribution in [0, 0.1) is 0 Å². The van der Waals surface area contributed by atoms with Crippen molar-refractivity contribution in [3.8, 4) is 17.0 Å². The number of methoxy groups -OCH3 is 1. The number of aromatic nitrogens is 2. The summed E-state index contributed by atoms with van der Waals surface area (Å²) in [5.41, 5.74) is 2.15. The first kappa shape index (κ1) is 8.81. The second-order valence-corrected chi connectivity index (χ2v) is 3.09. The first-order valence-corrected chi connectivity index (χ1v) is 4.44. The highest BCUT2D eigenvalue weighted by Crippen LogP contribution is 2.27. The summed E-state index contributed by atoms with van der Waals surface area (Å²) in [5, 5.41) is 4.20. The highest BCUT2D eigenvalue weighted by Gasteiger charge is 2.08. The van der Waals surface area contributed by atoms with E-state index < -0.39 is 0 Å². The quantitative estimate of drug-likeness (QED) is 0.721. The molecule has 0 radical (unpaired) electrons. The predicted octanol–water partition coefficient (Wildman–Crippen LogP) is 2.10. The number of rotatable bonds is 2. The van der Waals surface area contributed by atoms with Gasteiger partial charge in [0.1, 0.15) is 0 Å². The number of benzene rings is 1. The molecule has 3 heteroatoms. The summed E-state index contributed by atoms with van der Waals surface area (Å²) in [5.74, 6) is 0.665. The molecule has 2 rings (SSSR count). The molecular formula is C11H12N2O. The summed E-state index contributed by atoms with van der Waals surface area (Å²) in [7, 11) is 3.52. The first-order valence-electron chi connectivity index (χ1n) is 4.44. The van der Waals surface area contributed by atoms with Gasteiger partial charge in [-0.25, -0.2) is 0 Å². The van der Waals surface area contributed by atoms with Gasteiger partial charge in [-0.15, -0.1) is 5.10 Å². The molecule has 1 aromatic carbocycles. The second kappa shape index (κ2) is 3.54. The zero-order valence-electron chi connectivity index (χ0n) is 8.27. The fraction of sp³-hybridized carbons (Fsp3) is 0.182. The molecule has 1 aromatic heterocycles. The molecule has 72 valence electrons. The predicted molar refractivity (Wildman–Crippen MR) is 55.2 cm³/mol. The van der Waals surface area contributed by atoms with E-state index in [9.17, 15) is 0 Å². The minimum Gasteiger partial charge on any atom is -0.479 e.